The van der Waals surface area contributed by atoms with Gasteiger partial charge >= 0.3 is 12.1 Å². The first-order chi connectivity index (χ1) is 12.0. The molecule has 1 aromatic carbocycles. The number of rotatable bonds is 5. The molecule has 0 unspecified atom stereocenters. The fourth-order valence-corrected chi connectivity index (χ4v) is 2.75. The molecule has 2 aromatic rings. The van der Waals surface area contributed by atoms with Gasteiger partial charge in [-0.05, 0) is 12.5 Å². The van der Waals surface area contributed by atoms with Crippen LogP contribution in [0.5, 0.6) is 0 Å². The standard InChI is InChI=1S/C17H17N3O5/c1-3-24-16(22)14-15(13(10(2)21)18-19-14)20-12(9-25-17(20)23)11-7-5-4-6-8-11/h4-8,12H,3,9H2,1-2H3,(H,18,19)/t12-/m0/s1. The van der Waals surface area contributed by atoms with Crippen molar-refractivity contribution in [3.05, 3.63) is 47.3 Å². The molecule has 1 atom stereocenters. The number of hydrogen-bond donors (Lipinski definition) is 1. The molecular weight excluding hydrogens is 326 g/mol. The average molecular weight is 343 g/mol. The molecule has 1 aliphatic rings. The Morgan fingerprint density at radius 2 is 2.08 bits per heavy atom. The summed E-state index contributed by atoms with van der Waals surface area (Å²) in [5.74, 6) is -1.07. The van der Waals surface area contributed by atoms with Crippen LogP contribution in [0.25, 0.3) is 0 Å². The SMILES string of the molecule is CCOC(=O)c1[nH]nc(C(C)=O)c1N1C(=O)OC[C@H]1c1ccccc1. The van der Waals surface area contributed by atoms with Gasteiger partial charge in [0.25, 0.3) is 0 Å². The predicted octanol–water partition coefficient (Wildman–Crippen LogP) is 2.49. The van der Waals surface area contributed by atoms with E-state index in [0.717, 1.165) is 5.56 Å². The highest BCUT2D eigenvalue weighted by molar-refractivity contribution is 6.09. The van der Waals surface area contributed by atoms with Crippen molar-refractivity contribution < 1.29 is 23.9 Å². The number of aromatic amines is 1. The zero-order valence-corrected chi connectivity index (χ0v) is 13.8. The highest BCUT2D eigenvalue weighted by Crippen LogP contribution is 2.36. The Balaban J connectivity index is 2.12. The molecule has 2 heterocycles. The fourth-order valence-electron chi connectivity index (χ4n) is 2.75. The monoisotopic (exact) mass is 343 g/mol. The van der Waals surface area contributed by atoms with Gasteiger partial charge in [-0.25, -0.2) is 9.59 Å². The fraction of sp³-hybridized carbons (Fsp3) is 0.294. The maximum absolute atomic E-state index is 12.4. The second-order valence-corrected chi connectivity index (χ2v) is 5.45. The van der Waals surface area contributed by atoms with Gasteiger partial charge in [-0.1, -0.05) is 30.3 Å². The molecule has 0 saturated carbocycles. The number of ether oxygens (including phenoxy) is 2. The normalized spacial score (nSPS) is 16.6. The number of amides is 1. The number of carbonyl (C=O) groups is 3. The van der Waals surface area contributed by atoms with Crippen LogP contribution in [0.2, 0.25) is 0 Å². The van der Waals surface area contributed by atoms with Crippen molar-refractivity contribution >= 4 is 23.5 Å². The molecule has 0 spiro atoms. The number of nitrogens with zero attached hydrogens (tertiary/aromatic N) is 2. The summed E-state index contributed by atoms with van der Waals surface area (Å²) in [5, 5.41) is 6.42. The van der Waals surface area contributed by atoms with Gasteiger partial charge in [0.05, 0.1) is 12.6 Å². The molecule has 1 N–H and O–H groups in total. The van der Waals surface area contributed by atoms with Crippen molar-refractivity contribution in [1.82, 2.24) is 10.2 Å². The van der Waals surface area contributed by atoms with Crippen LogP contribution in [0, 0.1) is 0 Å². The number of carbonyl (C=O) groups excluding carboxylic acids is 3. The molecule has 1 fully saturated rings. The minimum Gasteiger partial charge on any atom is -0.461 e. The number of H-pyrrole nitrogens is 1. The lowest BCUT2D eigenvalue weighted by Gasteiger charge is -2.22. The number of esters is 1. The minimum absolute atomic E-state index is 0.0113. The van der Waals surface area contributed by atoms with Crippen molar-refractivity contribution in [2.45, 2.75) is 19.9 Å². The Morgan fingerprint density at radius 1 is 1.36 bits per heavy atom. The molecular formula is C17H17N3O5. The summed E-state index contributed by atoms with van der Waals surface area (Å²) < 4.78 is 10.2. The number of cyclic esters (lactones) is 1. The van der Waals surface area contributed by atoms with Crippen molar-refractivity contribution in [2.75, 3.05) is 18.1 Å². The summed E-state index contributed by atoms with van der Waals surface area (Å²) >= 11 is 0. The summed E-state index contributed by atoms with van der Waals surface area (Å²) in [6, 6.07) is 8.74. The number of Topliss-reactive ketones (excluding diaryl/α,β-unsaturated/α-hetero) is 1. The van der Waals surface area contributed by atoms with Crippen molar-refractivity contribution in [1.29, 1.82) is 0 Å². The Kier molecular flexibility index (Phi) is 4.51. The quantitative estimate of drug-likeness (QED) is 0.661. The number of benzene rings is 1. The Morgan fingerprint density at radius 3 is 2.72 bits per heavy atom. The molecule has 0 aliphatic carbocycles. The summed E-state index contributed by atoms with van der Waals surface area (Å²) in [6.45, 7) is 3.23. The first-order valence-electron chi connectivity index (χ1n) is 7.82. The minimum atomic E-state index is -0.691. The number of hydrogen-bond acceptors (Lipinski definition) is 6. The van der Waals surface area contributed by atoms with E-state index < -0.39 is 18.1 Å². The topological polar surface area (TPSA) is 102 Å². The van der Waals surface area contributed by atoms with Crippen LogP contribution >= 0.6 is 0 Å². The van der Waals surface area contributed by atoms with E-state index >= 15 is 0 Å². The van der Waals surface area contributed by atoms with Crippen molar-refractivity contribution in [3.8, 4) is 0 Å². The van der Waals surface area contributed by atoms with Gasteiger partial charge in [-0.15, -0.1) is 0 Å². The van der Waals surface area contributed by atoms with E-state index in [-0.39, 0.29) is 36.1 Å². The lowest BCUT2D eigenvalue weighted by molar-refractivity contribution is 0.0520. The smallest absolute Gasteiger partial charge is 0.415 e. The van der Waals surface area contributed by atoms with Gasteiger partial charge in [0.1, 0.15) is 12.3 Å². The van der Waals surface area contributed by atoms with Crippen LogP contribution in [-0.2, 0) is 9.47 Å². The molecule has 1 amide bonds. The highest BCUT2D eigenvalue weighted by Gasteiger charge is 2.41. The van der Waals surface area contributed by atoms with E-state index in [4.69, 9.17) is 9.47 Å². The molecule has 1 saturated heterocycles. The molecule has 0 radical (unpaired) electrons. The molecule has 130 valence electrons. The van der Waals surface area contributed by atoms with E-state index in [0.29, 0.717) is 0 Å². The van der Waals surface area contributed by atoms with Gasteiger partial charge in [0.15, 0.2) is 17.2 Å². The number of anilines is 1. The predicted molar refractivity (Wildman–Crippen MR) is 87.6 cm³/mol. The summed E-state index contributed by atoms with van der Waals surface area (Å²) in [4.78, 5) is 37.8. The largest absolute Gasteiger partial charge is 0.461 e. The Hall–Kier alpha value is -3.16. The van der Waals surface area contributed by atoms with Crippen LogP contribution in [0.4, 0.5) is 10.5 Å². The number of aromatic nitrogens is 2. The number of ketones is 1. The van der Waals surface area contributed by atoms with E-state index in [9.17, 15) is 14.4 Å². The van der Waals surface area contributed by atoms with Crippen LogP contribution in [0.3, 0.4) is 0 Å². The summed E-state index contributed by atoms with van der Waals surface area (Å²) in [6.07, 6.45) is -0.650. The first kappa shape index (κ1) is 16.7. The molecule has 8 nitrogen and oxygen atoms in total. The zero-order valence-electron chi connectivity index (χ0n) is 13.8. The summed E-state index contributed by atoms with van der Waals surface area (Å²) in [7, 11) is 0. The lowest BCUT2D eigenvalue weighted by atomic mass is 10.1. The van der Waals surface area contributed by atoms with Crippen molar-refractivity contribution in [3.63, 3.8) is 0 Å². The van der Waals surface area contributed by atoms with E-state index in [1.165, 1.54) is 11.8 Å². The second-order valence-electron chi connectivity index (χ2n) is 5.45. The van der Waals surface area contributed by atoms with Crippen LogP contribution in [0.1, 0.15) is 46.4 Å². The third-order valence-electron chi connectivity index (χ3n) is 3.85. The second kappa shape index (κ2) is 6.76. The van der Waals surface area contributed by atoms with Gasteiger partial charge in [-0.2, -0.15) is 5.10 Å². The van der Waals surface area contributed by atoms with Gasteiger partial charge in [0.2, 0.25) is 0 Å². The van der Waals surface area contributed by atoms with Crippen molar-refractivity contribution in [2.24, 2.45) is 0 Å². The van der Waals surface area contributed by atoms with E-state index in [1.807, 2.05) is 30.3 Å². The van der Waals surface area contributed by atoms with E-state index in [1.54, 1.807) is 6.92 Å². The molecule has 1 aliphatic heterocycles. The van der Waals surface area contributed by atoms with Crippen LogP contribution in [-0.4, -0.2) is 41.3 Å². The maximum Gasteiger partial charge on any atom is 0.415 e. The Bertz CT molecular complexity index is 815. The van der Waals surface area contributed by atoms with Crippen LogP contribution in [0.15, 0.2) is 30.3 Å². The highest BCUT2D eigenvalue weighted by atomic mass is 16.6. The number of nitrogens with one attached hydrogen (secondary N) is 1. The maximum atomic E-state index is 12.4. The molecule has 0 bridgehead atoms. The first-order valence-corrected chi connectivity index (χ1v) is 7.82. The van der Waals surface area contributed by atoms with Gasteiger partial charge in [0, 0.05) is 6.92 Å². The summed E-state index contributed by atoms with van der Waals surface area (Å²) in [5.41, 5.74) is 0.843. The molecule has 3 rings (SSSR count). The average Bonchev–Trinajstić information content (AvgIpc) is 3.19. The molecule has 8 heteroatoms. The zero-order chi connectivity index (χ0) is 18.0. The third-order valence-corrected chi connectivity index (χ3v) is 3.85. The van der Waals surface area contributed by atoms with Gasteiger partial charge < -0.3 is 9.47 Å². The lowest BCUT2D eigenvalue weighted by Crippen LogP contribution is -2.30. The molecule has 1 aromatic heterocycles. The third kappa shape index (κ3) is 2.98. The van der Waals surface area contributed by atoms with Gasteiger partial charge in [-0.3, -0.25) is 14.8 Å². The van der Waals surface area contributed by atoms with E-state index in [2.05, 4.69) is 10.2 Å². The Labute approximate surface area is 143 Å². The molecule has 25 heavy (non-hydrogen) atoms. The van der Waals surface area contributed by atoms with Crippen LogP contribution < -0.4 is 4.90 Å².